The van der Waals surface area contributed by atoms with Crippen molar-refractivity contribution in [2.45, 2.75) is 12.6 Å². The van der Waals surface area contributed by atoms with Crippen molar-refractivity contribution in [2.75, 3.05) is 14.2 Å². The van der Waals surface area contributed by atoms with Crippen LogP contribution in [0.3, 0.4) is 0 Å². The highest BCUT2D eigenvalue weighted by Crippen LogP contribution is 2.47. The van der Waals surface area contributed by atoms with Gasteiger partial charge in [-0.25, -0.2) is 0 Å². The normalized spacial score (nSPS) is 17.3. The molecule has 1 atom stereocenters. The highest BCUT2D eigenvalue weighted by atomic mass is 35.5. The van der Waals surface area contributed by atoms with Crippen LogP contribution in [0.15, 0.2) is 53.4 Å². The van der Waals surface area contributed by atoms with Crippen LogP contribution in [0, 0.1) is 0 Å². The number of thiophene rings is 1. The summed E-state index contributed by atoms with van der Waals surface area (Å²) in [5, 5.41) is 23.1. The van der Waals surface area contributed by atoms with Crippen molar-refractivity contribution in [2.24, 2.45) is 0 Å². The minimum absolute atomic E-state index is 0.00745. The van der Waals surface area contributed by atoms with Crippen molar-refractivity contribution in [1.29, 1.82) is 0 Å². The second-order valence-corrected chi connectivity index (χ2v) is 9.20. The molecule has 0 bridgehead atoms. The number of nitrogens with zero attached hydrogens (tertiary/aromatic N) is 1. The predicted molar refractivity (Wildman–Crippen MR) is 130 cm³/mol. The summed E-state index contributed by atoms with van der Waals surface area (Å²) < 4.78 is 10.6. The SMILES string of the molecule is COc1c(Cl)cc(/C(O)=C2\C(=O)C(=O)N(Cc3cccs3)C2c2ccc(O)cc2)c(OC)c1Cl. The average Bonchev–Trinajstić information content (AvgIpc) is 3.42. The number of carbonyl (C=O) groups excluding carboxylic acids is 2. The van der Waals surface area contributed by atoms with Gasteiger partial charge in [-0.2, -0.15) is 0 Å². The lowest BCUT2D eigenvalue weighted by Gasteiger charge is -2.25. The third-order valence-electron chi connectivity index (χ3n) is 5.45. The van der Waals surface area contributed by atoms with Crippen LogP contribution < -0.4 is 9.47 Å². The van der Waals surface area contributed by atoms with Crippen LogP contribution >= 0.6 is 34.5 Å². The molecule has 176 valence electrons. The summed E-state index contributed by atoms with van der Waals surface area (Å²) in [7, 11) is 2.73. The molecule has 2 N–H and O–H groups in total. The number of methoxy groups -OCH3 is 2. The molecule has 1 amide bonds. The molecule has 1 saturated heterocycles. The zero-order valence-electron chi connectivity index (χ0n) is 18.0. The second kappa shape index (κ2) is 9.58. The lowest BCUT2D eigenvalue weighted by molar-refractivity contribution is -0.140. The Hall–Kier alpha value is -3.20. The van der Waals surface area contributed by atoms with E-state index in [0.717, 1.165) is 4.88 Å². The van der Waals surface area contributed by atoms with Crippen LogP contribution in [-0.4, -0.2) is 41.0 Å². The highest BCUT2D eigenvalue weighted by Gasteiger charge is 2.46. The summed E-state index contributed by atoms with van der Waals surface area (Å²) in [5.74, 6) is -1.92. The summed E-state index contributed by atoms with van der Waals surface area (Å²) in [6.07, 6.45) is 0. The third-order valence-corrected chi connectivity index (χ3v) is 6.93. The van der Waals surface area contributed by atoms with Gasteiger partial charge in [0, 0.05) is 4.88 Å². The Morgan fingerprint density at radius 3 is 2.35 bits per heavy atom. The molecule has 3 aromatic rings. The van der Waals surface area contributed by atoms with Gasteiger partial charge in [0.05, 0.1) is 43.0 Å². The number of hydrogen-bond acceptors (Lipinski definition) is 7. The summed E-state index contributed by atoms with van der Waals surface area (Å²) >= 11 is 14.1. The first-order chi connectivity index (χ1) is 16.3. The topological polar surface area (TPSA) is 96.3 Å². The van der Waals surface area contributed by atoms with Gasteiger partial charge in [-0.3, -0.25) is 9.59 Å². The van der Waals surface area contributed by atoms with E-state index in [4.69, 9.17) is 32.7 Å². The molecule has 10 heteroatoms. The van der Waals surface area contributed by atoms with E-state index in [1.165, 1.54) is 48.7 Å². The van der Waals surface area contributed by atoms with E-state index in [1.807, 2.05) is 17.5 Å². The number of aliphatic hydroxyl groups excluding tert-OH is 1. The Balaban J connectivity index is 1.95. The number of amides is 1. The van der Waals surface area contributed by atoms with Crippen molar-refractivity contribution in [3.05, 3.63) is 79.5 Å². The van der Waals surface area contributed by atoms with Gasteiger partial charge in [0.1, 0.15) is 16.5 Å². The van der Waals surface area contributed by atoms with Crippen molar-refractivity contribution in [3.63, 3.8) is 0 Å². The maximum atomic E-state index is 13.2. The number of aromatic hydroxyl groups is 1. The number of carbonyl (C=O) groups is 2. The summed E-state index contributed by atoms with van der Waals surface area (Å²) in [5.41, 5.74) is 0.416. The highest BCUT2D eigenvalue weighted by molar-refractivity contribution is 7.09. The van der Waals surface area contributed by atoms with E-state index in [9.17, 15) is 19.8 Å². The first-order valence-corrected chi connectivity index (χ1v) is 11.6. The van der Waals surface area contributed by atoms with E-state index in [0.29, 0.717) is 5.56 Å². The predicted octanol–water partition coefficient (Wildman–Crippen LogP) is 5.40. The van der Waals surface area contributed by atoms with Crippen molar-refractivity contribution in [1.82, 2.24) is 4.90 Å². The number of aliphatic hydroxyl groups is 1. The number of ketones is 1. The van der Waals surface area contributed by atoms with Crippen LogP contribution in [0.4, 0.5) is 0 Å². The van der Waals surface area contributed by atoms with E-state index in [1.54, 1.807) is 12.1 Å². The average molecular weight is 520 g/mol. The molecule has 1 aromatic heterocycles. The summed E-state index contributed by atoms with van der Waals surface area (Å²) in [6.45, 7) is 0.159. The number of hydrogen-bond donors (Lipinski definition) is 2. The van der Waals surface area contributed by atoms with E-state index < -0.39 is 23.5 Å². The molecule has 7 nitrogen and oxygen atoms in total. The van der Waals surface area contributed by atoms with Gasteiger partial charge in [-0.05, 0) is 35.2 Å². The molecule has 4 rings (SSSR count). The van der Waals surface area contributed by atoms with Crippen molar-refractivity contribution < 1.29 is 29.3 Å². The van der Waals surface area contributed by atoms with Gasteiger partial charge >= 0.3 is 0 Å². The molecule has 0 saturated carbocycles. The lowest BCUT2D eigenvalue weighted by atomic mass is 9.94. The first kappa shape index (κ1) is 23.9. The van der Waals surface area contributed by atoms with Crippen LogP contribution in [0.25, 0.3) is 5.76 Å². The van der Waals surface area contributed by atoms with E-state index >= 15 is 0 Å². The number of phenols is 1. The Labute approximate surface area is 209 Å². The number of likely N-dealkylation sites (tertiary alicyclic amines) is 1. The fourth-order valence-corrected chi connectivity index (χ4v) is 5.30. The number of Topliss-reactive ketones (excluding diaryl/α,β-unsaturated/α-hetero) is 1. The molecule has 0 spiro atoms. The van der Waals surface area contributed by atoms with Crippen LogP contribution in [0.5, 0.6) is 17.2 Å². The first-order valence-electron chi connectivity index (χ1n) is 9.98. The molecule has 0 aliphatic carbocycles. The minimum atomic E-state index is -0.924. The number of benzene rings is 2. The van der Waals surface area contributed by atoms with Crippen LogP contribution in [0.1, 0.15) is 22.0 Å². The summed E-state index contributed by atoms with van der Waals surface area (Å²) in [6, 6.07) is 10.2. The molecule has 0 radical (unpaired) electrons. The van der Waals surface area contributed by atoms with Gasteiger partial charge in [0.2, 0.25) is 0 Å². The summed E-state index contributed by atoms with van der Waals surface area (Å²) in [4.78, 5) is 28.6. The minimum Gasteiger partial charge on any atom is -0.508 e. The monoisotopic (exact) mass is 519 g/mol. The number of phenolic OH excluding ortho intramolecular Hbond substituents is 1. The van der Waals surface area contributed by atoms with Gasteiger partial charge in [0.15, 0.2) is 11.5 Å². The Morgan fingerprint density at radius 1 is 1.09 bits per heavy atom. The number of halogens is 2. The van der Waals surface area contributed by atoms with Gasteiger partial charge in [-0.15, -0.1) is 11.3 Å². The zero-order valence-corrected chi connectivity index (χ0v) is 20.4. The Bertz CT molecular complexity index is 1290. The molecule has 34 heavy (non-hydrogen) atoms. The van der Waals surface area contributed by atoms with E-state index in [2.05, 4.69) is 0 Å². The van der Waals surface area contributed by atoms with Crippen LogP contribution in [-0.2, 0) is 16.1 Å². The lowest BCUT2D eigenvalue weighted by Crippen LogP contribution is -2.28. The molecule has 2 aromatic carbocycles. The maximum Gasteiger partial charge on any atom is 0.295 e. The molecular weight excluding hydrogens is 501 g/mol. The molecule has 1 unspecified atom stereocenters. The number of rotatable bonds is 6. The van der Waals surface area contributed by atoms with Crippen LogP contribution in [0.2, 0.25) is 10.0 Å². The molecule has 1 aliphatic rings. The quantitative estimate of drug-likeness (QED) is 0.257. The second-order valence-electron chi connectivity index (χ2n) is 7.38. The smallest absolute Gasteiger partial charge is 0.295 e. The molecule has 1 aliphatic heterocycles. The fraction of sp³-hybridized carbons (Fsp3) is 0.167. The van der Waals surface area contributed by atoms with Gasteiger partial charge in [0.25, 0.3) is 11.7 Å². The molecule has 2 heterocycles. The fourth-order valence-electron chi connectivity index (χ4n) is 3.91. The number of ether oxygens (including phenoxy) is 2. The van der Waals surface area contributed by atoms with Crippen molar-refractivity contribution in [3.8, 4) is 17.2 Å². The maximum absolute atomic E-state index is 13.2. The van der Waals surface area contributed by atoms with Gasteiger partial charge < -0.3 is 24.6 Å². The Kier molecular flexibility index (Phi) is 6.74. The third kappa shape index (κ3) is 4.09. The van der Waals surface area contributed by atoms with Crippen molar-refractivity contribution >= 4 is 52.0 Å². The zero-order chi connectivity index (χ0) is 24.6. The molecule has 1 fully saturated rings. The largest absolute Gasteiger partial charge is 0.508 e. The standard InChI is InChI=1S/C24H19Cl2NO6S/c1-32-22-15(10-16(25)23(33-2)18(22)26)20(29)17-19(12-5-7-13(28)8-6-12)27(24(31)21(17)30)11-14-4-3-9-34-14/h3-10,19,28-29H,11H2,1-2H3/b20-17+. The van der Waals surface area contributed by atoms with Gasteiger partial charge in [-0.1, -0.05) is 41.4 Å². The van der Waals surface area contributed by atoms with E-state index in [-0.39, 0.29) is 45.0 Å². The Morgan fingerprint density at radius 2 is 1.76 bits per heavy atom. The molecular formula is C24H19Cl2NO6S.